The van der Waals surface area contributed by atoms with E-state index < -0.39 is 11.2 Å². The van der Waals surface area contributed by atoms with E-state index in [2.05, 4.69) is 0 Å². The Hall–Kier alpha value is -3.39. The zero-order valence-electron chi connectivity index (χ0n) is 15.5. The van der Waals surface area contributed by atoms with Crippen LogP contribution in [0.5, 0.6) is 11.5 Å². The molecule has 0 atom stereocenters. The molecule has 0 unspecified atom stereocenters. The van der Waals surface area contributed by atoms with Crippen molar-refractivity contribution in [1.29, 1.82) is 0 Å². The number of methoxy groups -OCH3 is 2. The lowest BCUT2D eigenvalue weighted by atomic mass is 10.1. The van der Waals surface area contributed by atoms with E-state index in [0.717, 1.165) is 4.57 Å². The molecule has 2 aromatic carbocycles. The molecule has 0 aliphatic carbocycles. The van der Waals surface area contributed by atoms with Crippen molar-refractivity contribution in [2.75, 3.05) is 20.8 Å². The monoisotopic (exact) mass is 384 g/mol. The number of aliphatic hydroxyl groups excluding tert-OH is 1. The lowest BCUT2D eigenvalue weighted by Gasteiger charge is -2.15. The van der Waals surface area contributed by atoms with Crippen LogP contribution in [0.1, 0.15) is 10.4 Å². The Morgan fingerprint density at radius 1 is 1.00 bits per heavy atom. The van der Waals surface area contributed by atoms with E-state index in [0.29, 0.717) is 17.1 Å². The third-order valence-corrected chi connectivity index (χ3v) is 4.45. The number of hydrogen-bond acceptors (Lipinski definition) is 6. The van der Waals surface area contributed by atoms with Crippen LogP contribution in [0.15, 0.2) is 52.1 Å². The number of aliphatic hydroxyl groups is 1. The fourth-order valence-electron chi connectivity index (χ4n) is 3.05. The van der Waals surface area contributed by atoms with Crippen molar-refractivity contribution in [1.82, 2.24) is 9.13 Å². The lowest BCUT2D eigenvalue weighted by Crippen LogP contribution is -2.41. The number of carbonyl (C=O) groups is 1. The first kappa shape index (κ1) is 19.4. The van der Waals surface area contributed by atoms with Gasteiger partial charge in [0.05, 0.1) is 44.8 Å². The van der Waals surface area contributed by atoms with Gasteiger partial charge in [-0.3, -0.25) is 18.7 Å². The molecule has 8 heteroatoms. The first-order valence-electron chi connectivity index (χ1n) is 8.60. The van der Waals surface area contributed by atoms with Crippen LogP contribution in [0, 0.1) is 0 Å². The molecular formula is C20H20N2O6. The van der Waals surface area contributed by atoms with E-state index in [1.54, 1.807) is 30.3 Å². The number of ketones is 1. The molecule has 3 aromatic rings. The molecule has 0 radical (unpaired) electrons. The van der Waals surface area contributed by atoms with Gasteiger partial charge in [-0.25, -0.2) is 4.79 Å². The standard InChI is InChI=1S/C20H20N2O6/c1-27-17-10-14-15(11-18(17)28-2)22(20(26)21(8-9-23)19(14)25)12-16(24)13-6-4-3-5-7-13/h3-7,10-11,23H,8-9,12H2,1-2H3. The fraction of sp³-hybridized carbons (Fsp3) is 0.250. The van der Waals surface area contributed by atoms with Crippen molar-refractivity contribution in [3.05, 3.63) is 68.9 Å². The van der Waals surface area contributed by atoms with Crippen molar-refractivity contribution >= 4 is 16.7 Å². The predicted octanol–water partition coefficient (Wildman–Crippen LogP) is 1.06. The van der Waals surface area contributed by atoms with Gasteiger partial charge in [0.1, 0.15) is 0 Å². The van der Waals surface area contributed by atoms with Crippen molar-refractivity contribution in [3.8, 4) is 11.5 Å². The first-order valence-corrected chi connectivity index (χ1v) is 8.60. The minimum Gasteiger partial charge on any atom is -0.493 e. The number of hydrogen-bond donors (Lipinski definition) is 1. The Balaban J connectivity index is 2.28. The van der Waals surface area contributed by atoms with Crippen LogP contribution in [0.25, 0.3) is 10.9 Å². The Morgan fingerprint density at radius 2 is 1.64 bits per heavy atom. The number of carbonyl (C=O) groups excluding carboxylic acids is 1. The Labute approximate surface area is 160 Å². The largest absolute Gasteiger partial charge is 0.493 e. The minimum atomic E-state index is -0.678. The molecule has 0 bridgehead atoms. The zero-order valence-corrected chi connectivity index (χ0v) is 15.5. The molecule has 0 saturated heterocycles. The van der Waals surface area contributed by atoms with Crippen LogP contribution in [0.2, 0.25) is 0 Å². The van der Waals surface area contributed by atoms with E-state index in [-0.39, 0.29) is 36.4 Å². The maximum absolute atomic E-state index is 12.9. The van der Waals surface area contributed by atoms with Crippen LogP contribution in [0.3, 0.4) is 0 Å². The third-order valence-electron chi connectivity index (χ3n) is 4.45. The smallest absolute Gasteiger partial charge is 0.331 e. The van der Waals surface area contributed by atoms with Crippen LogP contribution >= 0.6 is 0 Å². The maximum atomic E-state index is 12.9. The van der Waals surface area contributed by atoms with E-state index in [1.165, 1.54) is 30.9 Å². The molecule has 8 nitrogen and oxygen atoms in total. The molecule has 1 aromatic heterocycles. The van der Waals surface area contributed by atoms with Gasteiger partial charge in [-0.1, -0.05) is 30.3 Å². The van der Waals surface area contributed by atoms with E-state index in [1.807, 2.05) is 0 Å². The predicted molar refractivity (Wildman–Crippen MR) is 103 cm³/mol. The number of benzene rings is 2. The Morgan fingerprint density at radius 3 is 2.25 bits per heavy atom. The Kier molecular flexibility index (Phi) is 5.60. The Bertz CT molecular complexity index is 1130. The number of ether oxygens (including phenoxy) is 2. The van der Waals surface area contributed by atoms with Gasteiger partial charge >= 0.3 is 5.69 Å². The van der Waals surface area contributed by atoms with Crippen LogP contribution in [-0.4, -0.2) is 40.9 Å². The number of nitrogens with zero attached hydrogens (tertiary/aromatic N) is 2. The fourth-order valence-corrected chi connectivity index (χ4v) is 3.05. The minimum absolute atomic E-state index is 0.179. The summed E-state index contributed by atoms with van der Waals surface area (Å²) in [5.41, 5.74) is -0.546. The number of aromatic nitrogens is 2. The van der Waals surface area contributed by atoms with Crippen LogP contribution in [-0.2, 0) is 13.1 Å². The topological polar surface area (TPSA) is 99.8 Å². The highest BCUT2D eigenvalue weighted by Gasteiger charge is 2.19. The third kappa shape index (κ3) is 3.41. The van der Waals surface area contributed by atoms with Gasteiger partial charge in [-0.15, -0.1) is 0 Å². The molecule has 1 N–H and O–H groups in total. The summed E-state index contributed by atoms with van der Waals surface area (Å²) in [4.78, 5) is 38.4. The molecule has 28 heavy (non-hydrogen) atoms. The van der Waals surface area contributed by atoms with Gasteiger partial charge in [0.15, 0.2) is 17.3 Å². The summed E-state index contributed by atoms with van der Waals surface area (Å²) < 4.78 is 12.6. The first-order chi connectivity index (χ1) is 13.5. The van der Waals surface area contributed by atoms with Gasteiger partial charge in [0.25, 0.3) is 5.56 Å². The van der Waals surface area contributed by atoms with E-state index in [9.17, 15) is 19.5 Å². The molecule has 0 amide bonds. The quantitative estimate of drug-likeness (QED) is 0.612. The van der Waals surface area contributed by atoms with Crippen molar-refractivity contribution < 1.29 is 19.4 Å². The van der Waals surface area contributed by atoms with Gasteiger partial charge in [-0.05, 0) is 6.07 Å². The number of Topliss-reactive ketones (excluding diaryl/α,β-unsaturated/α-hetero) is 1. The molecule has 0 aliphatic rings. The van der Waals surface area contributed by atoms with Crippen molar-refractivity contribution in [2.24, 2.45) is 0 Å². The summed E-state index contributed by atoms with van der Waals surface area (Å²) in [6, 6.07) is 11.5. The molecule has 0 aliphatic heterocycles. The van der Waals surface area contributed by atoms with Gasteiger partial charge < -0.3 is 14.6 Å². The highest BCUT2D eigenvalue weighted by molar-refractivity contribution is 5.96. The normalized spacial score (nSPS) is 10.8. The maximum Gasteiger partial charge on any atom is 0.331 e. The second-order valence-electron chi connectivity index (χ2n) is 6.06. The molecule has 0 spiro atoms. The average Bonchev–Trinajstić information content (AvgIpc) is 2.73. The molecule has 0 saturated carbocycles. The SMILES string of the molecule is COc1cc2c(=O)n(CCO)c(=O)n(CC(=O)c3ccccc3)c2cc1OC. The summed E-state index contributed by atoms with van der Waals surface area (Å²) in [5.74, 6) is 0.366. The molecule has 146 valence electrons. The van der Waals surface area contributed by atoms with E-state index in [4.69, 9.17) is 9.47 Å². The number of rotatable bonds is 7. The van der Waals surface area contributed by atoms with Gasteiger partial charge in [0, 0.05) is 11.6 Å². The molecule has 0 fully saturated rings. The van der Waals surface area contributed by atoms with Gasteiger partial charge in [-0.2, -0.15) is 0 Å². The summed E-state index contributed by atoms with van der Waals surface area (Å²) in [7, 11) is 2.87. The molecular weight excluding hydrogens is 364 g/mol. The summed E-state index contributed by atoms with van der Waals surface area (Å²) in [5, 5.41) is 9.44. The second-order valence-corrected chi connectivity index (χ2v) is 6.06. The van der Waals surface area contributed by atoms with Crippen molar-refractivity contribution in [2.45, 2.75) is 13.1 Å². The molecule has 3 rings (SSSR count). The average molecular weight is 384 g/mol. The van der Waals surface area contributed by atoms with Gasteiger partial charge in [0.2, 0.25) is 0 Å². The highest BCUT2D eigenvalue weighted by atomic mass is 16.5. The summed E-state index contributed by atoms with van der Waals surface area (Å²) >= 11 is 0. The van der Waals surface area contributed by atoms with Crippen molar-refractivity contribution in [3.63, 3.8) is 0 Å². The van der Waals surface area contributed by atoms with Crippen LogP contribution in [0.4, 0.5) is 0 Å². The van der Waals surface area contributed by atoms with Crippen LogP contribution < -0.4 is 20.7 Å². The lowest BCUT2D eigenvalue weighted by molar-refractivity contribution is 0.0971. The summed E-state index contributed by atoms with van der Waals surface area (Å²) in [6.45, 7) is -0.831. The highest BCUT2D eigenvalue weighted by Crippen LogP contribution is 2.30. The molecule has 1 heterocycles. The van der Waals surface area contributed by atoms with E-state index >= 15 is 0 Å². The number of fused-ring (bicyclic) bond motifs is 1. The second kappa shape index (κ2) is 8.10. The summed E-state index contributed by atoms with van der Waals surface area (Å²) in [6.07, 6.45) is 0. The zero-order chi connectivity index (χ0) is 20.3.